The summed E-state index contributed by atoms with van der Waals surface area (Å²) in [7, 11) is 0. The highest BCUT2D eigenvalue weighted by Gasteiger charge is 2.38. The molecule has 116 valence electrons. The lowest BCUT2D eigenvalue weighted by Gasteiger charge is -2.35. The summed E-state index contributed by atoms with van der Waals surface area (Å²) in [6, 6.07) is 0. The topological polar surface area (TPSA) is 62.3 Å². The first-order chi connectivity index (χ1) is 9.68. The van der Waals surface area contributed by atoms with E-state index in [-0.39, 0.29) is 29.8 Å². The number of amides is 2. The van der Waals surface area contributed by atoms with E-state index in [4.69, 9.17) is 0 Å². The summed E-state index contributed by atoms with van der Waals surface area (Å²) in [5.74, 6) is 0.0122. The maximum absolute atomic E-state index is 12.3. The summed E-state index contributed by atoms with van der Waals surface area (Å²) in [5, 5.41) is 3.39. The van der Waals surface area contributed by atoms with Crippen molar-refractivity contribution in [3.63, 3.8) is 0 Å². The van der Waals surface area contributed by atoms with Crippen LogP contribution in [0.3, 0.4) is 0 Å². The molecule has 0 unspecified atom stereocenters. The predicted molar refractivity (Wildman–Crippen MR) is 84.4 cm³/mol. The molecule has 1 aliphatic carbocycles. The van der Waals surface area contributed by atoms with E-state index in [2.05, 4.69) is 10.3 Å². The minimum atomic E-state index is -0.355. The van der Waals surface area contributed by atoms with Crippen molar-refractivity contribution in [2.45, 2.75) is 53.0 Å². The third-order valence-corrected chi connectivity index (χ3v) is 4.57. The van der Waals surface area contributed by atoms with Gasteiger partial charge in [-0.15, -0.1) is 11.3 Å². The van der Waals surface area contributed by atoms with Gasteiger partial charge < -0.3 is 10.2 Å². The van der Waals surface area contributed by atoms with Crippen LogP contribution in [0.15, 0.2) is 0 Å². The molecule has 1 aliphatic rings. The van der Waals surface area contributed by atoms with E-state index < -0.39 is 0 Å². The quantitative estimate of drug-likeness (QED) is 0.930. The molecule has 5 nitrogen and oxygen atoms in total. The van der Waals surface area contributed by atoms with Crippen molar-refractivity contribution >= 4 is 28.3 Å². The molecule has 0 spiro atoms. The number of thiazole rings is 1. The fraction of sp³-hybridized carbons (Fsp3) is 0.667. The molecule has 1 fully saturated rings. The lowest BCUT2D eigenvalue weighted by Crippen LogP contribution is -2.50. The van der Waals surface area contributed by atoms with E-state index >= 15 is 0 Å². The molecule has 1 saturated carbocycles. The van der Waals surface area contributed by atoms with Gasteiger partial charge in [0.25, 0.3) is 0 Å². The third-order valence-electron chi connectivity index (χ3n) is 3.58. The van der Waals surface area contributed by atoms with Gasteiger partial charge in [-0.2, -0.15) is 0 Å². The van der Waals surface area contributed by atoms with Gasteiger partial charge in [-0.25, -0.2) is 4.98 Å². The smallest absolute Gasteiger partial charge is 0.245 e. The average molecular weight is 309 g/mol. The Bertz CT molecular complexity index is 536. The van der Waals surface area contributed by atoms with Gasteiger partial charge in [-0.05, 0) is 47.5 Å². The zero-order valence-electron chi connectivity index (χ0n) is 13.3. The van der Waals surface area contributed by atoms with Crippen molar-refractivity contribution in [3.8, 4) is 0 Å². The van der Waals surface area contributed by atoms with E-state index in [0.717, 1.165) is 23.4 Å². The van der Waals surface area contributed by atoms with Crippen LogP contribution < -0.4 is 5.32 Å². The van der Waals surface area contributed by atoms with Crippen LogP contribution in [0.2, 0.25) is 0 Å². The molecule has 1 aromatic rings. The van der Waals surface area contributed by atoms with Crippen LogP contribution in [0.25, 0.3) is 0 Å². The summed E-state index contributed by atoms with van der Waals surface area (Å²) in [5.41, 5.74) is 0.572. The molecular formula is C15H23N3O2S. The molecular weight excluding hydrogens is 286 g/mol. The molecule has 6 heteroatoms. The molecule has 0 aromatic carbocycles. The van der Waals surface area contributed by atoms with E-state index in [1.165, 1.54) is 11.3 Å². The van der Waals surface area contributed by atoms with Crippen LogP contribution in [0.1, 0.15) is 44.2 Å². The van der Waals surface area contributed by atoms with Gasteiger partial charge in [-0.3, -0.25) is 9.59 Å². The maximum Gasteiger partial charge on any atom is 0.245 e. The number of nitrogens with zero attached hydrogens (tertiary/aromatic N) is 2. The van der Waals surface area contributed by atoms with E-state index in [1.54, 1.807) is 4.90 Å². The molecule has 0 atom stereocenters. The van der Waals surface area contributed by atoms with Crippen LogP contribution in [-0.4, -0.2) is 33.8 Å². The molecule has 21 heavy (non-hydrogen) atoms. The van der Waals surface area contributed by atoms with E-state index in [1.807, 2.05) is 34.6 Å². The molecule has 1 heterocycles. The molecule has 2 amide bonds. The lowest BCUT2D eigenvalue weighted by atomic mass is 10.0. The Morgan fingerprint density at radius 1 is 1.33 bits per heavy atom. The molecule has 1 aromatic heterocycles. The first-order valence-corrected chi connectivity index (χ1v) is 8.05. The molecule has 1 N–H and O–H groups in total. The minimum Gasteiger partial charge on any atom is -0.328 e. The number of carbonyl (C=O) groups excluding carboxylic acids is 2. The van der Waals surface area contributed by atoms with Gasteiger partial charge in [0.2, 0.25) is 11.8 Å². The fourth-order valence-electron chi connectivity index (χ4n) is 2.02. The Balaban J connectivity index is 2.02. The number of rotatable bonds is 4. The maximum atomic E-state index is 12.3. The largest absolute Gasteiger partial charge is 0.328 e. The van der Waals surface area contributed by atoms with E-state index in [0.29, 0.717) is 5.13 Å². The van der Waals surface area contributed by atoms with Crippen molar-refractivity contribution in [2.75, 3.05) is 11.9 Å². The van der Waals surface area contributed by atoms with E-state index in [9.17, 15) is 9.59 Å². The Labute approximate surface area is 129 Å². The number of hydrogen-bond donors (Lipinski definition) is 1. The van der Waals surface area contributed by atoms with Crippen molar-refractivity contribution in [1.29, 1.82) is 0 Å². The average Bonchev–Trinajstić information content (AvgIpc) is 3.13. The zero-order chi connectivity index (χ0) is 15.8. The Morgan fingerprint density at radius 2 is 1.95 bits per heavy atom. The lowest BCUT2D eigenvalue weighted by molar-refractivity contribution is -0.140. The number of nitrogens with one attached hydrogen (secondary N) is 1. The van der Waals surface area contributed by atoms with Crippen LogP contribution in [0.5, 0.6) is 0 Å². The summed E-state index contributed by atoms with van der Waals surface area (Å²) in [6.45, 7) is 9.84. The number of aromatic nitrogens is 1. The van der Waals surface area contributed by atoms with Gasteiger partial charge in [0.05, 0.1) is 5.69 Å². The second kappa shape index (κ2) is 5.75. The fourth-order valence-corrected chi connectivity index (χ4v) is 2.86. The Kier molecular flexibility index (Phi) is 4.37. The Morgan fingerprint density at radius 3 is 2.38 bits per heavy atom. The first-order valence-electron chi connectivity index (χ1n) is 7.24. The van der Waals surface area contributed by atoms with Gasteiger partial charge in [0.1, 0.15) is 6.54 Å². The van der Waals surface area contributed by atoms with Crippen LogP contribution in [0.4, 0.5) is 5.13 Å². The van der Waals surface area contributed by atoms with Crippen LogP contribution in [0, 0.1) is 19.8 Å². The highest BCUT2D eigenvalue weighted by Crippen LogP contribution is 2.33. The number of carbonyl (C=O) groups is 2. The van der Waals surface area contributed by atoms with Crippen molar-refractivity contribution in [3.05, 3.63) is 10.6 Å². The molecule has 0 aliphatic heterocycles. The molecule has 0 bridgehead atoms. The molecule has 0 radical (unpaired) electrons. The Hall–Kier alpha value is -1.43. The van der Waals surface area contributed by atoms with Crippen LogP contribution >= 0.6 is 11.3 Å². The summed E-state index contributed by atoms with van der Waals surface area (Å²) in [4.78, 5) is 31.6. The SMILES string of the molecule is Cc1nc(NC(=O)CN(C(=O)C2CC2)C(C)(C)C)sc1C. The normalized spacial score (nSPS) is 14.9. The van der Waals surface area contributed by atoms with Gasteiger partial charge in [0.15, 0.2) is 5.13 Å². The second-order valence-electron chi connectivity index (χ2n) is 6.58. The standard InChI is InChI=1S/C15H23N3O2S/c1-9-10(2)21-14(16-9)17-12(19)8-18(15(3,4)5)13(20)11-6-7-11/h11H,6-8H2,1-5H3,(H,16,17,19). The van der Waals surface area contributed by atoms with Gasteiger partial charge in [0, 0.05) is 16.3 Å². The van der Waals surface area contributed by atoms with Gasteiger partial charge in [-0.1, -0.05) is 0 Å². The number of aryl methyl sites for hydroxylation is 2. The third kappa shape index (κ3) is 4.03. The number of hydrogen-bond acceptors (Lipinski definition) is 4. The zero-order valence-corrected chi connectivity index (χ0v) is 14.1. The van der Waals surface area contributed by atoms with Crippen LogP contribution in [-0.2, 0) is 9.59 Å². The second-order valence-corrected chi connectivity index (χ2v) is 7.78. The monoisotopic (exact) mass is 309 g/mol. The van der Waals surface area contributed by atoms with Crippen molar-refractivity contribution < 1.29 is 9.59 Å². The first kappa shape index (κ1) is 15.9. The van der Waals surface area contributed by atoms with Gasteiger partial charge >= 0.3 is 0 Å². The minimum absolute atomic E-state index is 0.0799. The van der Waals surface area contributed by atoms with Crippen molar-refractivity contribution in [1.82, 2.24) is 9.88 Å². The molecule has 2 rings (SSSR count). The highest BCUT2D eigenvalue weighted by molar-refractivity contribution is 7.15. The highest BCUT2D eigenvalue weighted by atomic mass is 32.1. The predicted octanol–water partition coefficient (Wildman–Crippen LogP) is 2.74. The van der Waals surface area contributed by atoms with Crippen molar-refractivity contribution in [2.24, 2.45) is 5.92 Å². The summed E-state index contributed by atoms with van der Waals surface area (Å²) < 4.78 is 0. The summed E-state index contributed by atoms with van der Waals surface area (Å²) >= 11 is 1.46. The molecule has 0 saturated heterocycles. The number of anilines is 1. The summed E-state index contributed by atoms with van der Waals surface area (Å²) in [6.07, 6.45) is 1.88.